The molecule has 0 bridgehead atoms. The van der Waals surface area contributed by atoms with E-state index in [9.17, 15) is 9.59 Å². The lowest BCUT2D eigenvalue weighted by Crippen LogP contribution is -2.19. The van der Waals surface area contributed by atoms with Crippen LogP contribution < -0.4 is 14.8 Å². The van der Waals surface area contributed by atoms with Crippen LogP contribution >= 0.6 is 46.6 Å². The highest BCUT2D eigenvalue weighted by molar-refractivity contribution is 8.18. The highest BCUT2D eigenvalue weighted by atomic mass is 35.5. The number of nitrogens with one attached hydrogen (secondary N) is 1. The number of amidine groups is 1. The van der Waals surface area contributed by atoms with Crippen LogP contribution in [0.15, 0.2) is 64.5 Å². The first kappa shape index (κ1) is 25.9. The Morgan fingerprint density at radius 2 is 1.92 bits per heavy atom. The third-order valence-electron chi connectivity index (χ3n) is 4.91. The second-order valence-electron chi connectivity index (χ2n) is 7.40. The van der Waals surface area contributed by atoms with Crippen LogP contribution in [0.2, 0.25) is 15.1 Å². The highest BCUT2D eigenvalue weighted by Gasteiger charge is 2.24. The Morgan fingerprint density at radius 1 is 1.11 bits per heavy atom. The summed E-state index contributed by atoms with van der Waals surface area (Å²) in [4.78, 5) is 28.4. The molecule has 184 valence electrons. The second-order valence-corrected chi connectivity index (χ2v) is 9.68. The average molecular weight is 564 g/mol. The molecular weight excluding hydrogens is 547 g/mol. The van der Waals surface area contributed by atoms with E-state index >= 15 is 0 Å². The van der Waals surface area contributed by atoms with Crippen molar-refractivity contribution in [2.45, 2.75) is 6.61 Å². The molecule has 4 rings (SSSR count). The molecule has 0 atom stereocenters. The SMILES string of the molecule is COc1cc(/C=C2\SC(=Nc3cccc(C(=O)O)c3)NC2=O)cc(Cl)c1OCc1ccc(Cl)cc1Cl. The fraction of sp³-hybridized carbons (Fsp3) is 0.0800. The molecule has 7 nitrogen and oxygen atoms in total. The van der Waals surface area contributed by atoms with Gasteiger partial charge in [-0.05, 0) is 65.9 Å². The Balaban J connectivity index is 1.54. The van der Waals surface area contributed by atoms with Crippen molar-refractivity contribution in [1.82, 2.24) is 5.32 Å². The predicted octanol–water partition coefficient (Wildman–Crippen LogP) is 6.82. The van der Waals surface area contributed by atoms with Crippen LogP contribution in [0.5, 0.6) is 11.5 Å². The number of carbonyl (C=O) groups excluding carboxylic acids is 1. The summed E-state index contributed by atoms with van der Waals surface area (Å²) in [7, 11) is 1.48. The lowest BCUT2D eigenvalue weighted by atomic mass is 10.1. The summed E-state index contributed by atoms with van der Waals surface area (Å²) in [6.07, 6.45) is 1.64. The largest absolute Gasteiger partial charge is 0.493 e. The van der Waals surface area contributed by atoms with Crippen LogP contribution in [0.1, 0.15) is 21.5 Å². The number of nitrogens with zero attached hydrogens (tertiary/aromatic N) is 1. The molecule has 2 N–H and O–H groups in total. The fourth-order valence-electron chi connectivity index (χ4n) is 3.21. The van der Waals surface area contributed by atoms with Crippen LogP contribution in [-0.4, -0.2) is 29.3 Å². The number of thioether (sulfide) groups is 1. The number of halogens is 3. The minimum atomic E-state index is -1.06. The topological polar surface area (TPSA) is 97.2 Å². The van der Waals surface area contributed by atoms with Gasteiger partial charge in [-0.1, -0.05) is 46.9 Å². The standard InChI is InChI=1S/C25H17Cl3N2O5S/c1-34-20-8-13(7-19(28)22(20)35-12-15-5-6-16(26)11-18(15)27)9-21-23(31)30-25(36-21)29-17-4-2-3-14(10-17)24(32)33/h2-11H,12H2,1H3,(H,32,33)(H,29,30,31)/b21-9-. The van der Waals surface area contributed by atoms with Gasteiger partial charge < -0.3 is 19.9 Å². The maximum Gasteiger partial charge on any atom is 0.335 e. The summed E-state index contributed by atoms with van der Waals surface area (Å²) < 4.78 is 11.3. The summed E-state index contributed by atoms with van der Waals surface area (Å²) in [6.45, 7) is 0.147. The molecule has 1 fully saturated rings. The Bertz CT molecular complexity index is 1420. The van der Waals surface area contributed by atoms with Gasteiger partial charge in [-0.25, -0.2) is 9.79 Å². The molecule has 1 amide bonds. The number of hydrogen-bond donors (Lipinski definition) is 2. The Morgan fingerprint density at radius 3 is 2.64 bits per heavy atom. The molecule has 3 aromatic rings. The molecule has 0 aliphatic carbocycles. The van der Waals surface area contributed by atoms with Gasteiger partial charge in [0, 0.05) is 15.6 Å². The number of rotatable bonds is 7. The number of carboxylic acid groups (broad SMARTS) is 1. The van der Waals surface area contributed by atoms with Crippen molar-refractivity contribution in [3.8, 4) is 11.5 Å². The van der Waals surface area contributed by atoms with E-state index in [1.165, 1.54) is 19.2 Å². The number of carboxylic acids is 1. The molecule has 0 radical (unpaired) electrons. The second kappa shape index (κ2) is 11.3. The van der Waals surface area contributed by atoms with Crippen molar-refractivity contribution < 1.29 is 24.2 Å². The molecule has 0 spiro atoms. The van der Waals surface area contributed by atoms with E-state index in [0.717, 1.165) is 17.3 Å². The van der Waals surface area contributed by atoms with Crippen LogP contribution in [0.4, 0.5) is 5.69 Å². The lowest BCUT2D eigenvalue weighted by molar-refractivity contribution is -0.115. The summed E-state index contributed by atoms with van der Waals surface area (Å²) in [5, 5.41) is 13.4. The number of benzene rings is 3. The van der Waals surface area contributed by atoms with Gasteiger partial charge in [0.2, 0.25) is 0 Å². The third-order valence-corrected chi connectivity index (χ3v) is 6.69. The number of aliphatic imine (C=N–C) groups is 1. The number of hydrogen-bond acceptors (Lipinski definition) is 6. The number of amides is 1. The van der Waals surface area contributed by atoms with E-state index in [2.05, 4.69) is 10.3 Å². The first-order chi connectivity index (χ1) is 17.2. The third kappa shape index (κ3) is 6.14. The van der Waals surface area contributed by atoms with Crippen molar-refractivity contribution >= 4 is 75.4 Å². The molecule has 0 unspecified atom stereocenters. The lowest BCUT2D eigenvalue weighted by Gasteiger charge is -2.14. The minimum absolute atomic E-state index is 0.101. The summed E-state index contributed by atoms with van der Waals surface area (Å²) in [5.74, 6) is -0.699. The minimum Gasteiger partial charge on any atom is -0.493 e. The zero-order valence-electron chi connectivity index (χ0n) is 18.6. The van der Waals surface area contributed by atoms with Crippen LogP contribution in [0.3, 0.4) is 0 Å². The maximum absolute atomic E-state index is 12.5. The van der Waals surface area contributed by atoms with Crippen molar-refractivity contribution in [2.24, 2.45) is 4.99 Å². The summed E-state index contributed by atoms with van der Waals surface area (Å²) >= 11 is 19.8. The fourth-order valence-corrected chi connectivity index (χ4v) is 4.79. The van der Waals surface area contributed by atoms with Gasteiger partial charge in [-0.2, -0.15) is 0 Å². The molecular formula is C25H17Cl3N2O5S. The summed E-state index contributed by atoms with van der Waals surface area (Å²) in [5.41, 5.74) is 1.85. The van der Waals surface area contributed by atoms with E-state index in [-0.39, 0.29) is 23.1 Å². The molecule has 11 heteroatoms. The van der Waals surface area contributed by atoms with Gasteiger partial charge in [0.15, 0.2) is 16.7 Å². The first-order valence-electron chi connectivity index (χ1n) is 10.3. The van der Waals surface area contributed by atoms with E-state index in [4.69, 9.17) is 49.4 Å². The van der Waals surface area contributed by atoms with Gasteiger partial charge in [0.25, 0.3) is 5.91 Å². The quantitative estimate of drug-likeness (QED) is 0.306. The smallest absolute Gasteiger partial charge is 0.335 e. The maximum atomic E-state index is 12.5. The normalized spacial score (nSPS) is 15.3. The Hall–Kier alpha value is -3.17. The van der Waals surface area contributed by atoms with E-state index in [0.29, 0.717) is 42.9 Å². The number of methoxy groups -OCH3 is 1. The average Bonchev–Trinajstić information content (AvgIpc) is 3.17. The Kier molecular flexibility index (Phi) is 8.11. The van der Waals surface area contributed by atoms with Gasteiger partial charge in [-0.15, -0.1) is 0 Å². The highest BCUT2D eigenvalue weighted by Crippen LogP contribution is 2.39. The number of carbonyl (C=O) groups is 2. The van der Waals surface area contributed by atoms with Crippen LogP contribution in [0.25, 0.3) is 6.08 Å². The van der Waals surface area contributed by atoms with E-state index < -0.39 is 5.97 Å². The van der Waals surface area contributed by atoms with Gasteiger partial charge in [0.1, 0.15) is 6.61 Å². The molecule has 1 aliphatic rings. The van der Waals surface area contributed by atoms with Gasteiger partial charge in [-0.3, -0.25) is 4.79 Å². The molecule has 0 saturated carbocycles. The van der Waals surface area contributed by atoms with Gasteiger partial charge in [0.05, 0.1) is 28.3 Å². The van der Waals surface area contributed by atoms with Crippen molar-refractivity contribution in [3.05, 3.63) is 91.3 Å². The van der Waals surface area contributed by atoms with Crippen LogP contribution in [-0.2, 0) is 11.4 Å². The van der Waals surface area contributed by atoms with Crippen molar-refractivity contribution in [3.63, 3.8) is 0 Å². The molecule has 3 aromatic carbocycles. The number of aromatic carboxylic acids is 1. The van der Waals surface area contributed by atoms with Gasteiger partial charge >= 0.3 is 5.97 Å². The van der Waals surface area contributed by atoms with Crippen molar-refractivity contribution in [2.75, 3.05) is 7.11 Å². The molecule has 0 aromatic heterocycles. The monoisotopic (exact) mass is 562 g/mol. The predicted molar refractivity (Wildman–Crippen MR) is 143 cm³/mol. The zero-order valence-corrected chi connectivity index (χ0v) is 21.6. The van der Waals surface area contributed by atoms with Crippen LogP contribution in [0, 0.1) is 0 Å². The molecule has 36 heavy (non-hydrogen) atoms. The first-order valence-corrected chi connectivity index (χ1v) is 12.3. The van der Waals surface area contributed by atoms with E-state index in [1.54, 1.807) is 48.5 Å². The molecule has 1 aliphatic heterocycles. The summed E-state index contributed by atoms with van der Waals surface area (Å²) in [6, 6.07) is 14.6. The molecule has 1 heterocycles. The Labute approximate surface area is 225 Å². The molecule has 1 saturated heterocycles. The number of ether oxygens (including phenoxy) is 2. The van der Waals surface area contributed by atoms with E-state index in [1.807, 2.05) is 0 Å². The van der Waals surface area contributed by atoms with Crippen molar-refractivity contribution in [1.29, 1.82) is 0 Å². The zero-order chi connectivity index (χ0) is 25.8.